The number of carbonyl (C=O) groups excluding carboxylic acids is 1. The molecule has 0 amide bonds. The molecule has 0 saturated heterocycles. The van der Waals surface area contributed by atoms with Crippen LogP contribution in [0.25, 0.3) is 0 Å². The maximum atomic E-state index is 11.2. The molecule has 0 bridgehead atoms. The molecule has 3 nitrogen and oxygen atoms in total. The van der Waals surface area contributed by atoms with Gasteiger partial charge in [0.25, 0.3) is 0 Å². The lowest BCUT2D eigenvalue weighted by Gasteiger charge is -2.16. The fourth-order valence-corrected chi connectivity index (χ4v) is 1.96. The summed E-state index contributed by atoms with van der Waals surface area (Å²) in [4.78, 5) is 11.2. The van der Waals surface area contributed by atoms with E-state index in [1.807, 2.05) is 18.2 Å². The zero-order valence-electron chi connectivity index (χ0n) is 11.1. The molecule has 3 heteroatoms. The lowest BCUT2D eigenvalue weighted by molar-refractivity contribution is -0.143. The Labute approximate surface area is 109 Å². The van der Waals surface area contributed by atoms with Crippen molar-refractivity contribution in [3.05, 3.63) is 35.9 Å². The third kappa shape index (κ3) is 5.32. The van der Waals surface area contributed by atoms with Crippen LogP contribution in [-0.2, 0) is 9.53 Å². The molecule has 1 aromatic rings. The van der Waals surface area contributed by atoms with E-state index in [4.69, 9.17) is 4.74 Å². The minimum Gasteiger partial charge on any atom is -0.466 e. The van der Waals surface area contributed by atoms with E-state index in [2.05, 4.69) is 19.1 Å². The standard InChI is InChI=1S/C15H22O3/c1-3-18-15(17)10-9-14(16)11-12(2)13-7-5-4-6-8-13/h4-8,12,14,16H,3,9-11H2,1-2H3. The summed E-state index contributed by atoms with van der Waals surface area (Å²) < 4.78 is 4.83. The number of aliphatic hydroxyl groups is 1. The van der Waals surface area contributed by atoms with Crippen LogP contribution in [0.1, 0.15) is 44.6 Å². The van der Waals surface area contributed by atoms with E-state index in [1.54, 1.807) is 6.92 Å². The summed E-state index contributed by atoms with van der Waals surface area (Å²) in [6.45, 7) is 4.27. The summed E-state index contributed by atoms with van der Waals surface area (Å²) in [5.74, 6) is 0.0623. The van der Waals surface area contributed by atoms with Crippen molar-refractivity contribution in [3.63, 3.8) is 0 Å². The summed E-state index contributed by atoms with van der Waals surface area (Å²) >= 11 is 0. The van der Waals surface area contributed by atoms with Gasteiger partial charge in [-0.3, -0.25) is 4.79 Å². The smallest absolute Gasteiger partial charge is 0.305 e. The molecule has 1 rings (SSSR count). The SMILES string of the molecule is CCOC(=O)CCC(O)CC(C)c1ccccc1. The zero-order valence-corrected chi connectivity index (χ0v) is 11.1. The van der Waals surface area contributed by atoms with Gasteiger partial charge in [0.1, 0.15) is 0 Å². The average molecular weight is 250 g/mol. The first-order chi connectivity index (χ1) is 8.63. The Kier molecular flexibility index (Phi) is 6.44. The van der Waals surface area contributed by atoms with E-state index in [9.17, 15) is 9.90 Å². The van der Waals surface area contributed by atoms with Crippen molar-refractivity contribution in [2.75, 3.05) is 6.61 Å². The molecule has 0 aliphatic rings. The summed E-state index contributed by atoms with van der Waals surface area (Å²) in [5, 5.41) is 9.89. The van der Waals surface area contributed by atoms with E-state index in [0.29, 0.717) is 25.4 Å². The number of hydrogen-bond donors (Lipinski definition) is 1. The summed E-state index contributed by atoms with van der Waals surface area (Å²) in [5.41, 5.74) is 1.22. The molecule has 2 unspecified atom stereocenters. The van der Waals surface area contributed by atoms with E-state index in [0.717, 1.165) is 0 Å². The Hall–Kier alpha value is -1.35. The third-order valence-corrected chi connectivity index (χ3v) is 2.98. The quantitative estimate of drug-likeness (QED) is 0.757. The van der Waals surface area contributed by atoms with Crippen LogP contribution < -0.4 is 0 Å². The van der Waals surface area contributed by atoms with Crippen molar-refractivity contribution < 1.29 is 14.6 Å². The van der Waals surface area contributed by atoms with Crippen LogP contribution in [0.2, 0.25) is 0 Å². The number of ether oxygens (including phenoxy) is 1. The fraction of sp³-hybridized carbons (Fsp3) is 0.533. The van der Waals surface area contributed by atoms with Crippen molar-refractivity contribution in [2.45, 2.75) is 45.1 Å². The second-order valence-electron chi connectivity index (χ2n) is 4.54. The zero-order chi connectivity index (χ0) is 13.4. The second-order valence-corrected chi connectivity index (χ2v) is 4.54. The van der Waals surface area contributed by atoms with Crippen molar-refractivity contribution in [3.8, 4) is 0 Å². The number of benzene rings is 1. The van der Waals surface area contributed by atoms with Gasteiger partial charge >= 0.3 is 5.97 Å². The van der Waals surface area contributed by atoms with Gasteiger partial charge in [-0.25, -0.2) is 0 Å². The van der Waals surface area contributed by atoms with Crippen molar-refractivity contribution in [1.82, 2.24) is 0 Å². The van der Waals surface area contributed by atoms with Gasteiger partial charge in [0.05, 0.1) is 12.7 Å². The highest BCUT2D eigenvalue weighted by molar-refractivity contribution is 5.69. The summed E-state index contributed by atoms with van der Waals surface area (Å²) in [7, 11) is 0. The predicted octanol–water partition coefficient (Wildman–Crippen LogP) is 2.88. The molecule has 0 aliphatic heterocycles. The molecule has 100 valence electrons. The van der Waals surface area contributed by atoms with Crippen LogP contribution in [0.3, 0.4) is 0 Å². The number of esters is 1. The number of hydrogen-bond acceptors (Lipinski definition) is 3. The molecule has 18 heavy (non-hydrogen) atoms. The average Bonchev–Trinajstić information content (AvgIpc) is 2.38. The van der Waals surface area contributed by atoms with Crippen LogP contribution in [0.15, 0.2) is 30.3 Å². The highest BCUT2D eigenvalue weighted by Gasteiger charge is 2.13. The lowest BCUT2D eigenvalue weighted by atomic mass is 9.93. The third-order valence-electron chi connectivity index (χ3n) is 2.98. The van der Waals surface area contributed by atoms with Crippen LogP contribution in [-0.4, -0.2) is 23.8 Å². The molecule has 1 N–H and O–H groups in total. The molecule has 0 saturated carbocycles. The summed E-state index contributed by atoms with van der Waals surface area (Å²) in [6, 6.07) is 10.1. The molecule has 1 aromatic carbocycles. The van der Waals surface area contributed by atoms with Gasteiger partial charge in [-0.1, -0.05) is 37.3 Å². The molecule has 0 fully saturated rings. The van der Waals surface area contributed by atoms with E-state index < -0.39 is 6.10 Å². The first-order valence-electron chi connectivity index (χ1n) is 6.52. The van der Waals surface area contributed by atoms with Gasteiger partial charge in [0.15, 0.2) is 0 Å². The van der Waals surface area contributed by atoms with Crippen molar-refractivity contribution in [1.29, 1.82) is 0 Å². The normalized spacial score (nSPS) is 13.9. The van der Waals surface area contributed by atoms with E-state index >= 15 is 0 Å². The first-order valence-corrected chi connectivity index (χ1v) is 6.52. The highest BCUT2D eigenvalue weighted by atomic mass is 16.5. The van der Waals surface area contributed by atoms with Gasteiger partial charge in [0.2, 0.25) is 0 Å². The highest BCUT2D eigenvalue weighted by Crippen LogP contribution is 2.21. The predicted molar refractivity (Wildman–Crippen MR) is 71.3 cm³/mol. The van der Waals surface area contributed by atoms with Crippen molar-refractivity contribution in [2.24, 2.45) is 0 Å². The van der Waals surface area contributed by atoms with Crippen molar-refractivity contribution >= 4 is 5.97 Å². The Morgan fingerprint density at radius 1 is 1.33 bits per heavy atom. The van der Waals surface area contributed by atoms with Gasteiger partial charge < -0.3 is 9.84 Å². The molecule has 0 aliphatic carbocycles. The van der Waals surface area contributed by atoms with Crippen LogP contribution in [0.4, 0.5) is 0 Å². The Morgan fingerprint density at radius 2 is 2.00 bits per heavy atom. The molecular weight excluding hydrogens is 228 g/mol. The molecule has 0 aromatic heterocycles. The molecule has 0 heterocycles. The minimum absolute atomic E-state index is 0.232. The topological polar surface area (TPSA) is 46.5 Å². The maximum absolute atomic E-state index is 11.2. The number of aliphatic hydroxyl groups excluding tert-OH is 1. The molecule has 0 spiro atoms. The van der Waals surface area contributed by atoms with Crippen LogP contribution >= 0.6 is 0 Å². The van der Waals surface area contributed by atoms with Gasteiger partial charge in [-0.2, -0.15) is 0 Å². The van der Waals surface area contributed by atoms with Gasteiger partial charge in [-0.15, -0.1) is 0 Å². The summed E-state index contributed by atoms with van der Waals surface area (Å²) in [6.07, 6.45) is 0.972. The maximum Gasteiger partial charge on any atom is 0.305 e. The second kappa shape index (κ2) is 7.88. The Morgan fingerprint density at radius 3 is 2.61 bits per heavy atom. The monoisotopic (exact) mass is 250 g/mol. The molecule has 0 radical (unpaired) electrons. The Bertz CT molecular complexity index is 348. The first kappa shape index (κ1) is 14.7. The van der Waals surface area contributed by atoms with Crippen LogP contribution in [0, 0.1) is 0 Å². The molecular formula is C15H22O3. The molecule has 2 atom stereocenters. The van der Waals surface area contributed by atoms with Gasteiger partial charge in [-0.05, 0) is 31.2 Å². The lowest BCUT2D eigenvalue weighted by Crippen LogP contribution is -2.14. The number of carbonyl (C=O) groups is 1. The fourth-order valence-electron chi connectivity index (χ4n) is 1.96. The number of rotatable bonds is 7. The minimum atomic E-state index is -0.454. The Balaban J connectivity index is 2.32. The van der Waals surface area contributed by atoms with Crippen LogP contribution in [0.5, 0.6) is 0 Å². The largest absolute Gasteiger partial charge is 0.466 e. The van der Waals surface area contributed by atoms with E-state index in [-0.39, 0.29) is 12.4 Å². The van der Waals surface area contributed by atoms with E-state index in [1.165, 1.54) is 5.56 Å². The van der Waals surface area contributed by atoms with Gasteiger partial charge in [0, 0.05) is 6.42 Å².